The fraction of sp³-hybridized carbons (Fsp3) is 0.458. The van der Waals surface area contributed by atoms with Crippen LogP contribution in [0.25, 0.3) is 11.0 Å². The van der Waals surface area contributed by atoms with Gasteiger partial charge in [-0.1, -0.05) is 6.07 Å². The zero-order valence-corrected chi connectivity index (χ0v) is 21.5. The Hall–Kier alpha value is -2.77. The number of nitrogens with zero attached hydrogens (tertiary/aromatic N) is 4. The van der Waals surface area contributed by atoms with Crippen LogP contribution < -0.4 is 10.2 Å². The number of rotatable bonds is 5. The summed E-state index contributed by atoms with van der Waals surface area (Å²) in [6, 6.07) is 8.26. The van der Waals surface area contributed by atoms with Gasteiger partial charge in [-0.15, -0.1) is 0 Å². The lowest BCUT2D eigenvalue weighted by Crippen LogP contribution is -2.41. The summed E-state index contributed by atoms with van der Waals surface area (Å²) in [5.41, 5.74) is 0.716. The second kappa shape index (κ2) is 10.2. The van der Waals surface area contributed by atoms with Crippen molar-refractivity contribution in [2.75, 3.05) is 36.4 Å². The molecule has 0 atom stereocenters. The van der Waals surface area contributed by atoms with E-state index in [1.165, 1.54) is 16.4 Å². The number of aromatic nitrogens is 2. The van der Waals surface area contributed by atoms with Crippen LogP contribution >= 0.6 is 11.7 Å². The normalized spacial score (nSPS) is 18.3. The number of hydrogen-bond acceptors (Lipinski definition) is 7. The van der Waals surface area contributed by atoms with Gasteiger partial charge in [0.1, 0.15) is 15.9 Å². The summed E-state index contributed by atoms with van der Waals surface area (Å²) in [6.07, 6.45) is -1.08. The van der Waals surface area contributed by atoms with E-state index in [2.05, 4.69) is 14.1 Å². The molecule has 198 valence electrons. The molecule has 8 nitrogen and oxygen atoms in total. The molecule has 3 heterocycles. The van der Waals surface area contributed by atoms with E-state index in [1.807, 2.05) is 4.90 Å². The predicted molar refractivity (Wildman–Crippen MR) is 135 cm³/mol. The number of hydrogen-bond donors (Lipinski definition) is 1. The minimum absolute atomic E-state index is 0.0804. The van der Waals surface area contributed by atoms with E-state index >= 15 is 0 Å². The van der Waals surface area contributed by atoms with Crippen LogP contribution in [0.5, 0.6) is 0 Å². The number of carbonyl (C=O) groups is 1. The van der Waals surface area contributed by atoms with Crippen molar-refractivity contribution in [2.45, 2.75) is 43.2 Å². The van der Waals surface area contributed by atoms with E-state index in [-0.39, 0.29) is 36.5 Å². The number of piperidine rings is 2. The molecule has 2 aliphatic rings. The Labute approximate surface area is 216 Å². The molecule has 0 spiro atoms. The van der Waals surface area contributed by atoms with Gasteiger partial charge in [0.05, 0.1) is 28.7 Å². The van der Waals surface area contributed by atoms with Crippen LogP contribution in [0.4, 0.5) is 24.5 Å². The van der Waals surface area contributed by atoms with E-state index < -0.39 is 33.6 Å². The Balaban J connectivity index is 1.31. The van der Waals surface area contributed by atoms with Gasteiger partial charge in [0.2, 0.25) is 15.9 Å². The highest BCUT2D eigenvalue weighted by atomic mass is 32.2. The third-order valence-corrected chi connectivity index (χ3v) is 9.44. The molecule has 1 N–H and O–H groups in total. The van der Waals surface area contributed by atoms with Crippen LogP contribution in [-0.4, -0.2) is 53.6 Å². The second-order valence-electron chi connectivity index (χ2n) is 9.33. The molecule has 2 saturated heterocycles. The van der Waals surface area contributed by atoms with Crippen molar-refractivity contribution in [2.24, 2.45) is 5.92 Å². The summed E-state index contributed by atoms with van der Waals surface area (Å²) in [4.78, 5) is 15.2. The molecule has 1 amide bonds. The average molecular weight is 554 g/mol. The summed E-state index contributed by atoms with van der Waals surface area (Å²) < 4.78 is 76.3. The highest BCUT2D eigenvalue weighted by Crippen LogP contribution is 2.37. The predicted octanol–water partition coefficient (Wildman–Crippen LogP) is 4.74. The van der Waals surface area contributed by atoms with Gasteiger partial charge in [0.15, 0.2) is 0 Å². The van der Waals surface area contributed by atoms with Crippen molar-refractivity contribution in [3.05, 3.63) is 42.0 Å². The van der Waals surface area contributed by atoms with E-state index in [9.17, 15) is 26.4 Å². The van der Waals surface area contributed by atoms with Crippen LogP contribution in [0.1, 0.15) is 37.7 Å². The molecule has 2 aliphatic heterocycles. The fourth-order valence-electron chi connectivity index (χ4n) is 4.94. The largest absolute Gasteiger partial charge is 0.416 e. The minimum atomic E-state index is -4.53. The SMILES string of the molecule is O=C(Nc1cc(C(F)(F)F)ccc1N1CCCCC1)C1CCN(S(=O)(=O)c2cccc3nsnc23)CC1. The first-order chi connectivity index (χ1) is 17.6. The number of anilines is 2. The highest BCUT2D eigenvalue weighted by Gasteiger charge is 2.35. The lowest BCUT2D eigenvalue weighted by atomic mass is 9.97. The second-order valence-corrected chi connectivity index (χ2v) is 11.8. The summed E-state index contributed by atoms with van der Waals surface area (Å²) in [5.74, 6) is -0.924. The number of halogens is 3. The number of carbonyl (C=O) groups excluding carboxylic acids is 1. The van der Waals surface area contributed by atoms with Crippen LogP contribution in [0.3, 0.4) is 0 Å². The molecule has 0 radical (unpaired) electrons. The van der Waals surface area contributed by atoms with Gasteiger partial charge in [-0.2, -0.15) is 26.2 Å². The van der Waals surface area contributed by atoms with Crippen molar-refractivity contribution >= 4 is 50.1 Å². The fourth-order valence-corrected chi connectivity index (χ4v) is 7.17. The number of nitrogens with one attached hydrogen (secondary N) is 1. The van der Waals surface area contributed by atoms with Gasteiger partial charge >= 0.3 is 6.18 Å². The number of fused-ring (bicyclic) bond motifs is 1. The van der Waals surface area contributed by atoms with Gasteiger partial charge in [-0.25, -0.2) is 8.42 Å². The maximum absolute atomic E-state index is 13.4. The summed E-state index contributed by atoms with van der Waals surface area (Å²) in [5, 5.41) is 2.73. The first kappa shape index (κ1) is 25.9. The molecule has 0 unspecified atom stereocenters. The molecule has 1 aromatic heterocycles. The monoisotopic (exact) mass is 553 g/mol. The standard InChI is InChI=1S/C24H26F3N5O3S2/c25-24(26,27)17-7-8-20(31-11-2-1-3-12-31)19(15-17)28-23(33)16-9-13-32(14-10-16)37(34,35)21-6-4-5-18-22(21)30-36-29-18/h4-8,15-16H,1-3,9-14H2,(H,28,33). The third-order valence-electron chi connectivity index (χ3n) is 6.97. The summed E-state index contributed by atoms with van der Waals surface area (Å²) in [7, 11) is -3.84. The van der Waals surface area contributed by atoms with Gasteiger partial charge in [-0.05, 0) is 62.4 Å². The molecule has 0 saturated carbocycles. The average Bonchev–Trinajstić information content (AvgIpc) is 3.38. The maximum Gasteiger partial charge on any atom is 0.416 e. The molecule has 2 fully saturated rings. The zero-order chi connectivity index (χ0) is 26.2. The van der Waals surface area contributed by atoms with E-state index in [0.717, 1.165) is 43.1 Å². The number of alkyl halides is 3. The molecular formula is C24H26F3N5O3S2. The van der Waals surface area contributed by atoms with E-state index in [0.29, 0.717) is 29.8 Å². The topological polar surface area (TPSA) is 95.5 Å². The lowest BCUT2D eigenvalue weighted by molar-refractivity contribution is -0.137. The van der Waals surface area contributed by atoms with Gasteiger partial charge in [0.25, 0.3) is 0 Å². The first-order valence-corrected chi connectivity index (χ1v) is 14.3. The van der Waals surface area contributed by atoms with Crippen LogP contribution in [0.2, 0.25) is 0 Å². The van der Waals surface area contributed by atoms with E-state index in [4.69, 9.17) is 0 Å². The third kappa shape index (κ3) is 5.30. The zero-order valence-electron chi connectivity index (χ0n) is 19.9. The highest BCUT2D eigenvalue weighted by molar-refractivity contribution is 7.89. The Morgan fingerprint density at radius 2 is 1.73 bits per heavy atom. The van der Waals surface area contributed by atoms with Crippen molar-refractivity contribution in [3.8, 4) is 0 Å². The number of benzene rings is 2. The van der Waals surface area contributed by atoms with Crippen molar-refractivity contribution < 1.29 is 26.4 Å². The van der Waals surface area contributed by atoms with Crippen LogP contribution in [-0.2, 0) is 21.0 Å². The molecule has 0 aliphatic carbocycles. The Morgan fingerprint density at radius 3 is 2.43 bits per heavy atom. The Morgan fingerprint density at radius 1 is 1.00 bits per heavy atom. The van der Waals surface area contributed by atoms with Gasteiger partial charge in [0, 0.05) is 32.1 Å². The van der Waals surface area contributed by atoms with Crippen molar-refractivity contribution in [1.82, 2.24) is 13.1 Å². The Bertz CT molecular complexity index is 1400. The van der Waals surface area contributed by atoms with Crippen LogP contribution in [0.15, 0.2) is 41.3 Å². The minimum Gasteiger partial charge on any atom is -0.370 e. The Kier molecular flexibility index (Phi) is 7.12. The van der Waals surface area contributed by atoms with Gasteiger partial charge < -0.3 is 10.2 Å². The molecule has 0 bridgehead atoms. The van der Waals surface area contributed by atoms with E-state index in [1.54, 1.807) is 12.1 Å². The molecule has 5 rings (SSSR count). The summed E-state index contributed by atoms with van der Waals surface area (Å²) in [6.45, 7) is 1.67. The molecular weight excluding hydrogens is 527 g/mol. The molecule has 2 aromatic carbocycles. The smallest absolute Gasteiger partial charge is 0.370 e. The molecule has 37 heavy (non-hydrogen) atoms. The van der Waals surface area contributed by atoms with Gasteiger partial charge in [-0.3, -0.25) is 4.79 Å². The quantitative estimate of drug-likeness (QED) is 0.491. The first-order valence-electron chi connectivity index (χ1n) is 12.1. The maximum atomic E-state index is 13.4. The molecule has 3 aromatic rings. The summed E-state index contributed by atoms with van der Waals surface area (Å²) >= 11 is 0.939. The van der Waals surface area contributed by atoms with Crippen molar-refractivity contribution in [3.63, 3.8) is 0 Å². The van der Waals surface area contributed by atoms with Crippen molar-refractivity contribution in [1.29, 1.82) is 0 Å². The number of amides is 1. The number of sulfonamides is 1. The molecule has 13 heteroatoms. The van der Waals surface area contributed by atoms with Crippen LogP contribution in [0, 0.1) is 5.92 Å². The lowest BCUT2D eigenvalue weighted by Gasteiger charge is -2.32.